The molecule has 3 nitrogen and oxygen atoms in total. The number of hydrogen-bond donors (Lipinski definition) is 1. The van der Waals surface area contributed by atoms with Crippen molar-refractivity contribution in [2.45, 2.75) is 25.1 Å². The summed E-state index contributed by atoms with van der Waals surface area (Å²) >= 11 is 0. The Balaban J connectivity index is 2.07. The average Bonchev–Trinajstić information content (AvgIpc) is 2.58. The van der Waals surface area contributed by atoms with Gasteiger partial charge in [0.15, 0.2) is 0 Å². The van der Waals surface area contributed by atoms with Gasteiger partial charge in [0.25, 0.3) is 0 Å². The summed E-state index contributed by atoms with van der Waals surface area (Å²) in [5, 5.41) is 2.41. The van der Waals surface area contributed by atoms with Gasteiger partial charge in [0, 0.05) is 25.7 Å². The first-order chi connectivity index (χ1) is 7.88. The summed E-state index contributed by atoms with van der Waals surface area (Å²) in [7, 11) is 4.06. The van der Waals surface area contributed by atoms with E-state index in [1.165, 1.54) is 12.8 Å². The molecule has 1 N–H and O–H groups in total. The van der Waals surface area contributed by atoms with Crippen molar-refractivity contribution in [2.75, 3.05) is 46.8 Å². The van der Waals surface area contributed by atoms with Crippen LogP contribution >= 0.6 is 0 Å². The lowest BCUT2D eigenvalue weighted by Gasteiger charge is -2.25. The minimum Gasteiger partial charge on any atom is -0.307 e. The first-order valence-corrected chi connectivity index (χ1v) is 6.05. The molecule has 0 bridgehead atoms. The highest BCUT2D eigenvalue weighted by Gasteiger charge is 2.26. The van der Waals surface area contributed by atoms with E-state index >= 15 is 0 Å². The molecule has 1 rings (SSSR count). The van der Waals surface area contributed by atoms with Crippen LogP contribution in [0.1, 0.15) is 12.8 Å². The van der Waals surface area contributed by atoms with Gasteiger partial charge in [-0.3, -0.25) is 0 Å². The first kappa shape index (κ1) is 14.7. The minimum atomic E-state index is -4.11. The van der Waals surface area contributed by atoms with Gasteiger partial charge in [0.05, 0.1) is 6.54 Å². The quantitative estimate of drug-likeness (QED) is 0.717. The fourth-order valence-corrected chi connectivity index (χ4v) is 2.16. The number of hydrogen-bond acceptors (Lipinski definition) is 3. The van der Waals surface area contributed by atoms with Gasteiger partial charge in [-0.15, -0.1) is 0 Å². The Morgan fingerprint density at radius 3 is 2.65 bits per heavy atom. The third kappa shape index (κ3) is 6.24. The monoisotopic (exact) mass is 253 g/mol. The highest BCUT2D eigenvalue weighted by molar-refractivity contribution is 4.78. The maximum Gasteiger partial charge on any atom is 0.401 e. The van der Waals surface area contributed by atoms with Gasteiger partial charge in [0.1, 0.15) is 0 Å². The van der Waals surface area contributed by atoms with E-state index in [0.717, 1.165) is 13.1 Å². The second kappa shape index (κ2) is 6.56. The number of rotatable bonds is 6. The van der Waals surface area contributed by atoms with E-state index in [0.29, 0.717) is 19.1 Å². The highest BCUT2D eigenvalue weighted by Crippen LogP contribution is 2.15. The molecule has 1 fully saturated rings. The topological polar surface area (TPSA) is 18.5 Å². The first-order valence-electron chi connectivity index (χ1n) is 6.05. The summed E-state index contributed by atoms with van der Waals surface area (Å²) in [5.74, 6) is 0. The number of likely N-dealkylation sites (N-methyl/N-ethyl adjacent to an activating group) is 2. The largest absolute Gasteiger partial charge is 0.401 e. The molecule has 0 saturated carbocycles. The number of alkyl halides is 3. The van der Waals surface area contributed by atoms with Gasteiger partial charge >= 0.3 is 6.18 Å². The summed E-state index contributed by atoms with van der Waals surface area (Å²) in [6.45, 7) is 2.20. The van der Waals surface area contributed by atoms with Crippen LogP contribution in [0.5, 0.6) is 0 Å². The second-order valence-corrected chi connectivity index (χ2v) is 4.83. The zero-order chi connectivity index (χ0) is 12.9. The predicted octanol–water partition coefficient (Wildman–Crippen LogP) is 1.16. The average molecular weight is 253 g/mol. The van der Waals surface area contributed by atoms with Gasteiger partial charge in [-0.25, -0.2) is 0 Å². The van der Waals surface area contributed by atoms with Crippen molar-refractivity contribution in [1.29, 1.82) is 0 Å². The van der Waals surface area contributed by atoms with Crippen molar-refractivity contribution >= 4 is 0 Å². The van der Waals surface area contributed by atoms with Crippen LogP contribution in [0.2, 0.25) is 0 Å². The van der Waals surface area contributed by atoms with E-state index in [2.05, 4.69) is 22.2 Å². The smallest absolute Gasteiger partial charge is 0.307 e. The maximum absolute atomic E-state index is 11.9. The molecule has 0 aromatic heterocycles. The Bertz CT molecular complexity index is 220. The number of nitrogens with zero attached hydrogens (tertiary/aromatic N) is 2. The van der Waals surface area contributed by atoms with Crippen molar-refractivity contribution in [1.82, 2.24) is 15.1 Å². The minimum absolute atomic E-state index is 0.381. The third-order valence-corrected chi connectivity index (χ3v) is 3.19. The molecule has 17 heavy (non-hydrogen) atoms. The molecular weight excluding hydrogens is 231 g/mol. The van der Waals surface area contributed by atoms with Crippen LogP contribution in [0.3, 0.4) is 0 Å². The van der Waals surface area contributed by atoms with Crippen molar-refractivity contribution in [3.05, 3.63) is 0 Å². The van der Waals surface area contributed by atoms with Crippen LogP contribution in [0.15, 0.2) is 0 Å². The number of halogens is 3. The normalized spacial score (nSPS) is 22.6. The van der Waals surface area contributed by atoms with Crippen molar-refractivity contribution in [2.24, 2.45) is 0 Å². The molecule has 1 aliphatic rings. The Morgan fingerprint density at radius 1 is 1.41 bits per heavy atom. The number of likely N-dealkylation sites (tertiary alicyclic amines) is 1. The molecule has 0 aromatic rings. The molecule has 102 valence electrons. The van der Waals surface area contributed by atoms with Gasteiger partial charge in [-0.1, -0.05) is 0 Å². The molecule has 0 spiro atoms. The standard InChI is InChI=1S/C11H22F3N3/c1-16(7-5-15-9-11(12,13)14)8-10-4-3-6-17(10)2/h10,15H,3-9H2,1-2H3. The highest BCUT2D eigenvalue weighted by atomic mass is 19.4. The van der Waals surface area contributed by atoms with Gasteiger partial charge < -0.3 is 15.1 Å². The van der Waals surface area contributed by atoms with Crippen molar-refractivity contribution < 1.29 is 13.2 Å². The Kier molecular flexibility index (Phi) is 5.69. The molecule has 0 radical (unpaired) electrons. The predicted molar refractivity (Wildman–Crippen MR) is 62.1 cm³/mol. The van der Waals surface area contributed by atoms with Crippen molar-refractivity contribution in [3.8, 4) is 0 Å². The van der Waals surface area contributed by atoms with E-state index in [1.54, 1.807) is 0 Å². The van der Waals surface area contributed by atoms with Crippen LogP contribution in [-0.2, 0) is 0 Å². The van der Waals surface area contributed by atoms with Crippen LogP contribution in [0, 0.1) is 0 Å². The summed E-state index contributed by atoms with van der Waals surface area (Å²) in [6.07, 6.45) is -1.69. The molecular formula is C11H22F3N3. The van der Waals surface area contributed by atoms with Crippen LogP contribution < -0.4 is 5.32 Å². The van der Waals surface area contributed by atoms with E-state index in [4.69, 9.17) is 0 Å². The Hall–Kier alpha value is -0.330. The molecule has 0 aliphatic carbocycles. The van der Waals surface area contributed by atoms with Crippen LogP contribution in [0.4, 0.5) is 13.2 Å². The maximum atomic E-state index is 11.9. The fourth-order valence-electron chi connectivity index (χ4n) is 2.16. The van der Waals surface area contributed by atoms with Crippen LogP contribution in [0.25, 0.3) is 0 Å². The summed E-state index contributed by atoms with van der Waals surface area (Å²) < 4.78 is 35.6. The molecule has 0 amide bonds. The van der Waals surface area contributed by atoms with Crippen LogP contribution in [-0.4, -0.2) is 68.8 Å². The van der Waals surface area contributed by atoms with Gasteiger partial charge in [-0.05, 0) is 33.5 Å². The van der Waals surface area contributed by atoms with Crippen molar-refractivity contribution in [3.63, 3.8) is 0 Å². The zero-order valence-electron chi connectivity index (χ0n) is 10.6. The van der Waals surface area contributed by atoms with E-state index < -0.39 is 12.7 Å². The molecule has 6 heteroatoms. The molecule has 1 saturated heterocycles. The van der Waals surface area contributed by atoms with E-state index in [9.17, 15) is 13.2 Å². The van der Waals surface area contributed by atoms with E-state index in [1.807, 2.05) is 7.05 Å². The Morgan fingerprint density at radius 2 is 2.12 bits per heavy atom. The zero-order valence-corrected chi connectivity index (χ0v) is 10.6. The third-order valence-electron chi connectivity index (χ3n) is 3.19. The lowest BCUT2D eigenvalue weighted by Crippen LogP contribution is -2.40. The fraction of sp³-hybridized carbons (Fsp3) is 1.00. The molecule has 1 heterocycles. The van der Waals surface area contributed by atoms with E-state index in [-0.39, 0.29) is 0 Å². The Labute approximate surface area is 101 Å². The second-order valence-electron chi connectivity index (χ2n) is 4.83. The summed E-state index contributed by atoms with van der Waals surface area (Å²) in [6, 6.07) is 0.558. The molecule has 1 unspecified atom stereocenters. The molecule has 1 atom stereocenters. The SMILES string of the molecule is CN(CCNCC(F)(F)F)CC1CCCN1C. The lowest BCUT2D eigenvalue weighted by atomic mass is 10.2. The summed E-state index contributed by atoms with van der Waals surface area (Å²) in [5.41, 5.74) is 0. The molecule has 1 aliphatic heterocycles. The molecule has 0 aromatic carbocycles. The lowest BCUT2D eigenvalue weighted by molar-refractivity contribution is -0.124. The van der Waals surface area contributed by atoms with Gasteiger partial charge in [-0.2, -0.15) is 13.2 Å². The summed E-state index contributed by atoms with van der Waals surface area (Å²) in [4.78, 5) is 4.41. The number of nitrogens with one attached hydrogen (secondary N) is 1. The van der Waals surface area contributed by atoms with Gasteiger partial charge in [0.2, 0.25) is 0 Å².